The first-order chi connectivity index (χ1) is 13.9. The molecule has 1 fully saturated rings. The predicted octanol–water partition coefficient (Wildman–Crippen LogP) is 3.51. The van der Waals surface area contributed by atoms with Crippen molar-refractivity contribution in [3.63, 3.8) is 0 Å². The van der Waals surface area contributed by atoms with Crippen LogP contribution in [-0.4, -0.2) is 41.8 Å². The van der Waals surface area contributed by atoms with Gasteiger partial charge in [-0.25, -0.2) is 0 Å². The molecule has 0 saturated heterocycles. The second kappa shape index (κ2) is 7.35. The quantitative estimate of drug-likeness (QED) is 0.706. The number of benzene rings is 2. The molecule has 0 spiro atoms. The van der Waals surface area contributed by atoms with Crippen LogP contribution in [0.3, 0.4) is 0 Å². The zero-order chi connectivity index (χ0) is 20.7. The van der Waals surface area contributed by atoms with E-state index in [-0.39, 0.29) is 11.9 Å². The van der Waals surface area contributed by atoms with E-state index in [0.717, 1.165) is 23.4 Å². The second-order valence-corrected chi connectivity index (χ2v) is 7.69. The summed E-state index contributed by atoms with van der Waals surface area (Å²) in [6.07, 6.45) is 2.14. The van der Waals surface area contributed by atoms with Crippen LogP contribution in [0.15, 0.2) is 48.5 Å². The van der Waals surface area contributed by atoms with Crippen LogP contribution < -0.4 is 9.64 Å². The molecule has 2 aromatic carbocycles. The zero-order valence-electron chi connectivity index (χ0n) is 16.8. The maximum Gasteiger partial charge on any atom is 0.262 e. The number of fused-ring (bicyclic) bond motifs is 1. The summed E-state index contributed by atoms with van der Waals surface area (Å²) < 4.78 is 5.22. The topological polar surface area (TPSA) is 66.9 Å². The first-order valence-electron chi connectivity index (χ1n) is 9.88. The Balaban J connectivity index is 1.65. The van der Waals surface area contributed by atoms with E-state index < -0.39 is 17.9 Å². The number of hydrogen-bond acceptors (Lipinski definition) is 4. The van der Waals surface area contributed by atoms with Crippen LogP contribution >= 0.6 is 0 Å². The third-order valence-corrected chi connectivity index (χ3v) is 5.87. The first kappa shape index (κ1) is 19.2. The van der Waals surface area contributed by atoms with E-state index in [2.05, 4.69) is 0 Å². The summed E-state index contributed by atoms with van der Waals surface area (Å²) in [5.41, 5.74) is 1.44. The smallest absolute Gasteiger partial charge is 0.262 e. The molecule has 29 heavy (non-hydrogen) atoms. The van der Waals surface area contributed by atoms with Gasteiger partial charge in [-0.1, -0.05) is 12.1 Å². The molecule has 150 valence electrons. The number of carbonyl (C=O) groups excluding carboxylic acids is 3. The van der Waals surface area contributed by atoms with E-state index in [9.17, 15) is 14.4 Å². The van der Waals surface area contributed by atoms with Crippen LogP contribution in [0, 0.1) is 5.92 Å². The SMILES string of the molecule is COc1ccc(N(C(=O)C(C)N2C(=O)c3ccccc3C2=O)C(C)C2CC2)cc1. The summed E-state index contributed by atoms with van der Waals surface area (Å²) in [5, 5.41) is 0. The molecule has 2 unspecified atom stereocenters. The molecule has 1 saturated carbocycles. The van der Waals surface area contributed by atoms with Gasteiger partial charge in [-0.05, 0) is 69.0 Å². The molecule has 1 heterocycles. The van der Waals surface area contributed by atoms with Crippen molar-refractivity contribution in [1.29, 1.82) is 0 Å². The highest BCUT2D eigenvalue weighted by molar-refractivity contribution is 6.23. The predicted molar refractivity (Wildman–Crippen MR) is 109 cm³/mol. The zero-order valence-corrected chi connectivity index (χ0v) is 16.8. The summed E-state index contributed by atoms with van der Waals surface area (Å²) in [6, 6.07) is 13.1. The van der Waals surface area contributed by atoms with Crippen molar-refractivity contribution in [2.75, 3.05) is 12.0 Å². The van der Waals surface area contributed by atoms with Gasteiger partial charge in [0.05, 0.1) is 18.2 Å². The molecule has 3 amide bonds. The van der Waals surface area contributed by atoms with Crippen LogP contribution in [0.25, 0.3) is 0 Å². The van der Waals surface area contributed by atoms with Crippen molar-refractivity contribution < 1.29 is 19.1 Å². The fourth-order valence-corrected chi connectivity index (χ4v) is 3.97. The molecule has 0 bridgehead atoms. The summed E-state index contributed by atoms with van der Waals surface area (Å²) >= 11 is 0. The van der Waals surface area contributed by atoms with Crippen LogP contribution in [0.5, 0.6) is 5.75 Å². The molecule has 0 N–H and O–H groups in total. The van der Waals surface area contributed by atoms with E-state index in [1.54, 1.807) is 43.2 Å². The average molecular weight is 392 g/mol. The Labute approximate surface area is 170 Å². The van der Waals surface area contributed by atoms with Gasteiger partial charge in [-0.2, -0.15) is 0 Å². The minimum atomic E-state index is -0.897. The third kappa shape index (κ3) is 3.28. The van der Waals surface area contributed by atoms with Crippen molar-refractivity contribution in [2.24, 2.45) is 5.92 Å². The fraction of sp³-hybridized carbons (Fsp3) is 0.348. The fourth-order valence-electron chi connectivity index (χ4n) is 3.97. The molecule has 2 atom stereocenters. The maximum atomic E-state index is 13.5. The number of rotatable bonds is 6. The summed E-state index contributed by atoms with van der Waals surface area (Å²) in [7, 11) is 1.59. The molecule has 4 rings (SSSR count). The number of imide groups is 1. The Kier molecular flexibility index (Phi) is 4.86. The van der Waals surface area contributed by atoms with Crippen LogP contribution in [0.4, 0.5) is 5.69 Å². The van der Waals surface area contributed by atoms with Gasteiger partial charge in [0.25, 0.3) is 11.8 Å². The Morgan fingerprint density at radius 2 is 1.55 bits per heavy atom. The molecule has 0 aromatic heterocycles. The Morgan fingerprint density at radius 1 is 1.00 bits per heavy atom. The summed E-state index contributed by atoms with van der Waals surface area (Å²) in [6.45, 7) is 3.65. The van der Waals surface area contributed by atoms with E-state index in [1.807, 2.05) is 31.2 Å². The molecular formula is C23H24N2O4. The number of nitrogens with zero attached hydrogens (tertiary/aromatic N) is 2. The van der Waals surface area contributed by atoms with Crippen LogP contribution in [-0.2, 0) is 4.79 Å². The Hall–Kier alpha value is -3.15. The number of carbonyl (C=O) groups is 3. The van der Waals surface area contributed by atoms with E-state index in [4.69, 9.17) is 4.74 Å². The lowest BCUT2D eigenvalue weighted by atomic mass is 10.1. The summed E-state index contributed by atoms with van der Waals surface area (Å²) in [4.78, 5) is 42.0. The largest absolute Gasteiger partial charge is 0.497 e. The van der Waals surface area contributed by atoms with Crippen molar-refractivity contribution in [3.8, 4) is 5.75 Å². The molecule has 1 aliphatic heterocycles. The monoisotopic (exact) mass is 392 g/mol. The van der Waals surface area contributed by atoms with Crippen molar-refractivity contribution >= 4 is 23.4 Å². The lowest BCUT2D eigenvalue weighted by Gasteiger charge is -2.34. The van der Waals surface area contributed by atoms with Gasteiger partial charge in [0.15, 0.2) is 0 Å². The molecule has 0 radical (unpaired) electrons. The highest BCUT2D eigenvalue weighted by atomic mass is 16.5. The molecule has 2 aliphatic rings. The van der Waals surface area contributed by atoms with Gasteiger partial charge >= 0.3 is 0 Å². The first-order valence-corrected chi connectivity index (χ1v) is 9.88. The lowest BCUT2D eigenvalue weighted by molar-refractivity contribution is -0.122. The molecular weight excluding hydrogens is 368 g/mol. The van der Waals surface area contributed by atoms with E-state index in [0.29, 0.717) is 22.8 Å². The average Bonchev–Trinajstić information content (AvgIpc) is 3.56. The van der Waals surface area contributed by atoms with E-state index >= 15 is 0 Å². The molecule has 6 nitrogen and oxygen atoms in total. The lowest BCUT2D eigenvalue weighted by Crippen LogP contribution is -2.52. The van der Waals surface area contributed by atoms with E-state index in [1.165, 1.54) is 0 Å². The highest BCUT2D eigenvalue weighted by Crippen LogP contribution is 2.38. The Morgan fingerprint density at radius 3 is 2.03 bits per heavy atom. The molecule has 2 aromatic rings. The van der Waals surface area contributed by atoms with Gasteiger partial charge in [-0.15, -0.1) is 0 Å². The van der Waals surface area contributed by atoms with Gasteiger partial charge in [0.1, 0.15) is 11.8 Å². The standard InChI is InChI=1S/C23H24N2O4/c1-14(16-8-9-16)24(17-10-12-18(29-3)13-11-17)21(26)15(2)25-22(27)19-6-4-5-7-20(19)23(25)28/h4-7,10-16H,8-9H2,1-3H3. The highest BCUT2D eigenvalue weighted by Gasteiger charge is 2.44. The van der Waals surface area contributed by atoms with Crippen LogP contribution in [0.1, 0.15) is 47.4 Å². The molecule has 1 aliphatic carbocycles. The van der Waals surface area contributed by atoms with Crippen molar-refractivity contribution in [1.82, 2.24) is 4.90 Å². The number of hydrogen-bond donors (Lipinski definition) is 0. The van der Waals surface area contributed by atoms with Crippen LogP contribution in [0.2, 0.25) is 0 Å². The molecule has 6 heteroatoms. The number of methoxy groups -OCH3 is 1. The number of ether oxygens (including phenoxy) is 1. The van der Waals surface area contributed by atoms with Crippen molar-refractivity contribution in [3.05, 3.63) is 59.7 Å². The minimum Gasteiger partial charge on any atom is -0.497 e. The third-order valence-electron chi connectivity index (χ3n) is 5.87. The van der Waals surface area contributed by atoms with Gasteiger partial charge in [0.2, 0.25) is 5.91 Å². The van der Waals surface area contributed by atoms with Crippen molar-refractivity contribution in [2.45, 2.75) is 38.8 Å². The van der Waals surface area contributed by atoms with Gasteiger partial charge in [0, 0.05) is 11.7 Å². The van der Waals surface area contributed by atoms with Gasteiger partial charge < -0.3 is 9.64 Å². The number of amides is 3. The minimum absolute atomic E-state index is 0.0199. The Bertz CT molecular complexity index is 930. The van der Waals surface area contributed by atoms with Gasteiger partial charge in [-0.3, -0.25) is 19.3 Å². The second-order valence-electron chi connectivity index (χ2n) is 7.69. The maximum absolute atomic E-state index is 13.5. The summed E-state index contributed by atoms with van der Waals surface area (Å²) in [5.74, 6) is 0.0357. The number of anilines is 1. The normalized spacial score (nSPS) is 17.7.